The first-order valence-electron chi connectivity index (χ1n) is 9.35. The van der Waals surface area contributed by atoms with Crippen LogP contribution in [0.4, 0.5) is 0 Å². The fourth-order valence-corrected chi connectivity index (χ4v) is 3.03. The number of likely N-dealkylation sites (N-methyl/N-ethyl adjacent to an activating group) is 1. The zero-order chi connectivity index (χ0) is 20.5. The molecule has 0 aliphatic carbocycles. The quantitative estimate of drug-likeness (QED) is 0.590. The monoisotopic (exact) mass is 446 g/mol. The Balaban J connectivity index is 1.94. The van der Waals surface area contributed by atoms with Crippen molar-refractivity contribution in [3.8, 4) is 5.75 Å². The third-order valence-corrected chi connectivity index (χ3v) is 5.03. The van der Waals surface area contributed by atoms with Gasteiger partial charge in [-0.25, -0.2) is 0 Å². The Kier molecular flexibility index (Phi) is 8.51. The topological polar surface area (TPSA) is 58.6 Å². The zero-order valence-corrected chi connectivity index (χ0v) is 18.2. The van der Waals surface area contributed by atoms with Gasteiger partial charge in [-0.05, 0) is 50.1 Å². The molecule has 0 fully saturated rings. The van der Waals surface area contributed by atoms with Gasteiger partial charge < -0.3 is 15.0 Å². The predicted molar refractivity (Wildman–Crippen MR) is 114 cm³/mol. The van der Waals surface area contributed by atoms with Crippen molar-refractivity contribution in [1.82, 2.24) is 10.2 Å². The molecule has 0 unspecified atom stereocenters. The van der Waals surface area contributed by atoms with E-state index in [-0.39, 0.29) is 11.8 Å². The number of hydrogen-bond acceptors (Lipinski definition) is 3. The molecule has 2 amide bonds. The lowest BCUT2D eigenvalue weighted by Gasteiger charge is -2.28. The van der Waals surface area contributed by atoms with Gasteiger partial charge in [0.2, 0.25) is 11.8 Å². The van der Waals surface area contributed by atoms with Crippen LogP contribution in [-0.2, 0) is 16.1 Å². The lowest BCUT2D eigenvalue weighted by Crippen LogP contribution is -2.46. The molecule has 1 N–H and O–H groups in total. The highest BCUT2D eigenvalue weighted by Gasteiger charge is 2.25. The Morgan fingerprint density at radius 2 is 1.75 bits per heavy atom. The number of benzene rings is 2. The number of nitrogens with zero attached hydrogens (tertiary/aromatic N) is 1. The second kappa shape index (κ2) is 10.9. The van der Waals surface area contributed by atoms with Gasteiger partial charge in [-0.2, -0.15) is 0 Å². The molecule has 0 bridgehead atoms. The fraction of sp³-hybridized carbons (Fsp3) is 0.364. The summed E-state index contributed by atoms with van der Waals surface area (Å²) in [4.78, 5) is 26.5. The maximum absolute atomic E-state index is 12.8. The lowest BCUT2D eigenvalue weighted by molar-refractivity contribution is -0.140. The van der Waals surface area contributed by atoms with Crippen LogP contribution in [0.25, 0.3) is 0 Å². The fourth-order valence-electron chi connectivity index (χ4n) is 2.77. The number of amides is 2. The molecule has 0 saturated carbocycles. The zero-order valence-electron chi connectivity index (χ0n) is 16.6. The SMILES string of the molecule is CNC(=O)[C@H](C)N(Cc1ccc(Br)cc1)C(=O)CCCOc1ccc(C)cc1. The lowest BCUT2D eigenvalue weighted by atomic mass is 10.1. The molecule has 28 heavy (non-hydrogen) atoms. The summed E-state index contributed by atoms with van der Waals surface area (Å²) in [7, 11) is 1.58. The van der Waals surface area contributed by atoms with Gasteiger partial charge in [0.15, 0.2) is 0 Å². The van der Waals surface area contributed by atoms with E-state index in [0.717, 1.165) is 15.8 Å². The van der Waals surface area contributed by atoms with E-state index >= 15 is 0 Å². The molecular weight excluding hydrogens is 420 g/mol. The van der Waals surface area contributed by atoms with E-state index in [1.165, 1.54) is 5.56 Å². The van der Waals surface area contributed by atoms with Gasteiger partial charge in [0, 0.05) is 24.5 Å². The summed E-state index contributed by atoms with van der Waals surface area (Å²) >= 11 is 3.41. The van der Waals surface area contributed by atoms with E-state index in [4.69, 9.17) is 4.74 Å². The molecule has 0 radical (unpaired) electrons. The maximum Gasteiger partial charge on any atom is 0.242 e. The highest BCUT2D eigenvalue weighted by molar-refractivity contribution is 9.10. The Morgan fingerprint density at radius 1 is 1.11 bits per heavy atom. The third kappa shape index (κ3) is 6.68. The van der Waals surface area contributed by atoms with Gasteiger partial charge in [0.25, 0.3) is 0 Å². The second-order valence-electron chi connectivity index (χ2n) is 6.70. The summed E-state index contributed by atoms with van der Waals surface area (Å²) in [5, 5.41) is 2.62. The van der Waals surface area contributed by atoms with E-state index in [1.807, 2.05) is 55.5 Å². The molecule has 2 aromatic carbocycles. The van der Waals surface area contributed by atoms with Crippen LogP contribution in [0.3, 0.4) is 0 Å². The minimum atomic E-state index is -0.542. The number of ether oxygens (including phenoxy) is 1. The van der Waals surface area contributed by atoms with Crippen molar-refractivity contribution in [1.29, 1.82) is 0 Å². The van der Waals surface area contributed by atoms with Crippen LogP contribution in [0.5, 0.6) is 5.75 Å². The summed E-state index contributed by atoms with van der Waals surface area (Å²) in [6.45, 7) is 4.61. The predicted octanol–water partition coefficient (Wildman–Crippen LogP) is 4.08. The largest absolute Gasteiger partial charge is 0.494 e. The van der Waals surface area contributed by atoms with Gasteiger partial charge in [-0.15, -0.1) is 0 Å². The van der Waals surface area contributed by atoms with Gasteiger partial charge in [-0.1, -0.05) is 45.8 Å². The molecule has 0 aromatic heterocycles. The van der Waals surface area contributed by atoms with Crippen molar-refractivity contribution in [3.05, 3.63) is 64.1 Å². The molecule has 1 atom stereocenters. The van der Waals surface area contributed by atoms with Gasteiger partial charge in [0.05, 0.1) is 6.61 Å². The Labute approximate surface area is 175 Å². The van der Waals surface area contributed by atoms with Crippen LogP contribution in [0, 0.1) is 6.92 Å². The number of carbonyl (C=O) groups excluding carboxylic acids is 2. The molecule has 0 heterocycles. The van der Waals surface area contributed by atoms with Crippen molar-refractivity contribution in [3.63, 3.8) is 0 Å². The van der Waals surface area contributed by atoms with Crippen molar-refractivity contribution in [2.45, 2.75) is 39.3 Å². The molecule has 2 rings (SSSR count). The number of halogens is 1. The first-order chi connectivity index (χ1) is 13.4. The molecule has 0 saturated heterocycles. The number of hydrogen-bond donors (Lipinski definition) is 1. The molecule has 6 heteroatoms. The van der Waals surface area contributed by atoms with E-state index in [9.17, 15) is 9.59 Å². The smallest absolute Gasteiger partial charge is 0.242 e. The van der Waals surface area contributed by atoms with Crippen molar-refractivity contribution >= 4 is 27.7 Å². The Morgan fingerprint density at radius 3 is 2.36 bits per heavy atom. The summed E-state index contributed by atoms with van der Waals surface area (Å²) in [5.74, 6) is 0.552. The van der Waals surface area contributed by atoms with Crippen LogP contribution in [0.2, 0.25) is 0 Å². The van der Waals surface area contributed by atoms with Crippen LogP contribution in [0.15, 0.2) is 53.0 Å². The van der Waals surface area contributed by atoms with Crippen LogP contribution in [-0.4, -0.2) is 36.4 Å². The summed E-state index contributed by atoms with van der Waals surface area (Å²) in [5.41, 5.74) is 2.15. The van der Waals surface area contributed by atoms with Gasteiger partial charge in [-0.3, -0.25) is 9.59 Å². The molecule has 2 aromatic rings. The number of nitrogens with one attached hydrogen (secondary N) is 1. The van der Waals surface area contributed by atoms with Crippen LogP contribution in [0.1, 0.15) is 30.9 Å². The van der Waals surface area contributed by atoms with E-state index in [0.29, 0.717) is 26.0 Å². The van der Waals surface area contributed by atoms with Crippen molar-refractivity contribution in [2.75, 3.05) is 13.7 Å². The Bertz CT molecular complexity index is 775. The average Bonchev–Trinajstić information content (AvgIpc) is 2.70. The molecule has 0 aliphatic rings. The highest BCUT2D eigenvalue weighted by Crippen LogP contribution is 2.16. The first kappa shape index (κ1) is 22.0. The molecule has 0 spiro atoms. The second-order valence-corrected chi connectivity index (χ2v) is 7.62. The molecule has 5 nitrogen and oxygen atoms in total. The number of rotatable bonds is 9. The third-order valence-electron chi connectivity index (χ3n) is 4.50. The van der Waals surface area contributed by atoms with Crippen LogP contribution < -0.4 is 10.1 Å². The minimum Gasteiger partial charge on any atom is -0.494 e. The van der Waals surface area contributed by atoms with E-state index in [2.05, 4.69) is 21.2 Å². The van der Waals surface area contributed by atoms with E-state index < -0.39 is 6.04 Å². The molecule has 0 aliphatic heterocycles. The van der Waals surface area contributed by atoms with Crippen molar-refractivity contribution < 1.29 is 14.3 Å². The molecule has 150 valence electrons. The highest BCUT2D eigenvalue weighted by atomic mass is 79.9. The minimum absolute atomic E-state index is 0.0634. The van der Waals surface area contributed by atoms with E-state index in [1.54, 1.807) is 18.9 Å². The number of carbonyl (C=O) groups is 2. The first-order valence-corrected chi connectivity index (χ1v) is 10.1. The van der Waals surface area contributed by atoms with Gasteiger partial charge >= 0.3 is 0 Å². The summed E-state index contributed by atoms with van der Waals surface area (Å²) < 4.78 is 6.67. The maximum atomic E-state index is 12.8. The summed E-state index contributed by atoms with van der Waals surface area (Å²) in [6, 6.07) is 15.0. The average molecular weight is 447 g/mol. The molecular formula is C22H27BrN2O3. The van der Waals surface area contributed by atoms with Crippen LogP contribution >= 0.6 is 15.9 Å². The number of aryl methyl sites for hydroxylation is 1. The Hall–Kier alpha value is -2.34. The summed E-state index contributed by atoms with van der Waals surface area (Å²) in [6.07, 6.45) is 0.910. The normalized spacial score (nSPS) is 11.6. The van der Waals surface area contributed by atoms with Crippen molar-refractivity contribution in [2.24, 2.45) is 0 Å². The standard InChI is InChI=1S/C22H27BrN2O3/c1-16-6-12-20(13-7-16)28-14-4-5-21(26)25(17(2)22(27)24-3)15-18-8-10-19(23)11-9-18/h6-13,17H,4-5,14-15H2,1-3H3,(H,24,27)/t17-/m0/s1. The van der Waals surface area contributed by atoms with Gasteiger partial charge in [0.1, 0.15) is 11.8 Å².